The van der Waals surface area contributed by atoms with Gasteiger partial charge in [-0.15, -0.1) is 5.75 Å². The predicted molar refractivity (Wildman–Crippen MR) is 122 cm³/mol. The average Bonchev–Trinajstić information content (AvgIpc) is 3.22. The van der Waals surface area contributed by atoms with Gasteiger partial charge in [-0.3, -0.25) is 19.2 Å². The minimum absolute atomic E-state index is 0.0813. The van der Waals surface area contributed by atoms with Crippen LogP contribution < -0.4 is 30.7 Å². The number of amides is 2. The number of rotatable bonds is 11. The van der Waals surface area contributed by atoms with Gasteiger partial charge in [0.2, 0.25) is 11.8 Å². The molecule has 16 nitrogen and oxygen atoms in total. The van der Waals surface area contributed by atoms with Crippen molar-refractivity contribution in [3.8, 4) is 0 Å². The molecule has 1 aromatic heterocycles. The molecule has 1 fully saturated rings. The fraction of sp³-hybridized carbons (Fsp3) is 0.579. The van der Waals surface area contributed by atoms with Crippen LogP contribution >= 0.6 is 0 Å². The van der Waals surface area contributed by atoms with E-state index in [9.17, 15) is 33.9 Å². The molecule has 0 spiro atoms. The fourth-order valence-corrected chi connectivity index (χ4v) is 4.28. The van der Waals surface area contributed by atoms with Crippen molar-refractivity contribution in [1.82, 2.24) is 20.2 Å². The van der Waals surface area contributed by atoms with Gasteiger partial charge in [0.25, 0.3) is 0 Å². The molecule has 1 aliphatic heterocycles. The first-order valence-corrected chi connectivity index (χ1v) is 14.1. The molecular formula is C19H27HgN5O11S. The molecule has 1 aromatic rings. The summed E-state index contributed by atoms with van der Waals surface area (Å²) >= 11 is 4.77. The number of carbonyl (C=O) groups excluding carboxylic acids is 2. The average molecular weight is 734 g/mol. The number of nitrogens with one attached hydrogen (secondary N) is 3. The van der Waals surface area contributed by atoms with E-state index in [0.29, 0.717) is 3.07 Å². The van der Waals surface area contributed by atoms with Gasteiger partial charge in [-0.25, -0.2) is 0 Å². The summed E-state index contributed by atoms with van der Waals surface area (Å²) in [4.78, 5) is 68.7. The molecule has 1 aliphatic rings. The Hall–Kier alpha value is -2.31. The third kappa shape index (κ3) is 10.9. The number of aromatic nitrogens is 2. The quantitative estimate of drug-likeness (QED) is 0.0782. The minimum atomic E-state index is -1.23. The second-order valence-electron chi connectivity index (χ2n) is 7.82. The van der Waals surface area contributed by atoms with Gasteiger partial charge in [0.1, 0.15) is 12.6 Å². The van der Waals surface area contributed by atoms with Gasteiger partial charge in [0, 0.05) is 6.42 Å². The van der Waals surface area contributed by atoms with Crippen LogP contribution in [0.3, 0.4) is 0 Å². The number of carbonyl (C=O) groups is 4. The van der Waals surface area contributed by atoms with Crippen LogP contribution in [0, 0.1) is 0 Å². The molecule has 9 N–H and O–H groups in total. The Morgan fingerprint density at radius 1 is 1.30 bits per heavy atom. The van der Waals surface area contributed by atoms with Gasteiger partial charge >= 0.3 is 124 Å². The van der Waals surface area contributed by atoms with Crippen LogP contribution in [0.2, 0.25) is 0 Å². The van der Waals surface area contributed by atoms with Crippen molar-refractivity contribution < 1.29 is 70.5 Å². The Labute approximate surface area is 230 Å². The van der Waals surface area contributed by atoms with Gasteiger partial charge in [-0.1, -0.05) is 0 Å². The van der Waals surface area contributed by atoms with E-state index in [2.05, 4.69) is 28.2 Å². The predicted octanol–water partition coefficient (Wildman–Crippen LogP) is -5.24. The first-order valence-electron chi connectivity index (χ1n) is 10.8. The number of hydrogen-bond donors (Lipinski definition) is 8. The number of ether oxygens (including phenoxy) is 1. The van der Waals surface area contributed by atoms with Crippen LogP contribution in [-0.4, -0.2) is 96.9 Å². The van der Waals surface area contributed by atoms with E-state index in [0.717, 1.165) is 0 Å². The molecular weight excluding hydrogens is 707 g/mol. The summed E-state index contributed by atoms with van der Waals surface area (Å²) in [6.45, 7) is -0.878. The molecule has 18 heteroatoms. The molecule has 5 atom stereocenters. The standard InChI is InChI=1S/C10H17N3O6S.C9H11N2O5.Hg/c11-5(10(18)19)1-2-7(14)13-6(4-20)9(17)12-3-8(15)16;12-4-6-5(13)3-8(16-6)11-2-1-7(14)10-9(11)15;/h5-6,20H,1-4,11H2,(H,12,17)(H,13,14)(H,15,16)(H,18,19);2,5-6,8,12-13H,3-4H2,(H,10,14,15);/q;;+1/p-1/t5-,6-;5-,6+,8+;/m00./s1. The fourth-order valence-electron chi connectivity index (χ4n) is 2.94. The van der Waals surface area contributed by atoms with Crippen LogP contribution in [0.25, 0.3) is 0 Å². The van der Waals surface area contributed by atoms with Crippen molar-refractivity contribution in [2.45, 2.75) is 49.8 Å². The number of aliphatic carboxylic acids is 2. The van der Waals surface area contributed by atoms with E-state index in [1.54, 1.807) is 0 Å². The van der Waals surface area contributed by atoms with E-state index in [-0.39, 0.29) is 63.3 Å². The van der Waals surface area contributed by atoms with Crippen molar-refractivity contribution in [3.05, 3.63) is 27.0 Å². The van der Waals surface area contributed by atoms with Crippen molar-refractivity contribution in [2.75, 3.05) is 18.9 Å². The third-order valence-electron chi connectivity index (χ3n) is 4.97. The summed E-state index contributed by atoms with van der Waals surface area (Å²) in [5.41, 5.74) is 4.31. The van der Waals surface area contributed by atoms with E-state index < -0.39 is 66.5 Å². The van der Waals surface area contributed by atoms with Crippen molar-refractivity contribution in [3.63, 3.8) is 0 Å². The second kappa shape index (κ2) is 15.8. The SMILES string of the molecule is N[C@@H](CCC(=O)N[C@@H](C[S-])C(=O)NCC(=O)O)C(=O)O.O=c1[nH]c(=O)n([C@H]2C[C@H](O)[C@@H](CO)O2)c[c]1[Hg+]. The third-order valence-corrected chi connectivity index (χ3v) is 7.26. The van der Waals surface area contributed by atoms with Gasteiger partial charge < -0.3 is 39.2 Å². The molecule has 1 saturated heterocycles. The first-order chi connectivity index (χ1) is 17.3. The molecule has 0 radical (unpaired) electrons. The van der Waals surface area contributed by atoms with Gasteiger partial charge in [0.05, 0.1) is 6.04 Å². The molecule has 0 aromatic carbocycles. The number of H-pyrrole nitrogens is 1. The van der Waals surface area contributed by atoms with E-state index in [1.807, 2.05) is 0 Å². The molecule has 0 saturated carbocycles. The Kier molecular flexibility index (Phi) is 14.0. The Morgan fingerprint density at radius 3 is 2.46 bits per heavy atom. The Balaban J connectivity index is 0.000000373. The summed E-state index contributed by atoms with van der Waals surface area (Å²) in [6, 6.07) is -2.21. The van der Waals surface area contributed by atoms with Crippen LogP contribution in [0.5, 0.6) is 0 Å². The number of aliphatic hydroxyl groups excluding tert-OH is 2. The first kappa shape index (κ1) is 32.7. The zero-order valence-corrected chi connectivity index (χ0v) is 25.8. The molecule has 2 amide bonds. The molecule has 202 valence electrons. The molecule has 0 aliphatic carbocycles. The Bertz CT molecular complexity index is 1080. The zero-order chi connectivity index (χ0) is 28.3. The molecule has 2 rings (SSSR count). The maximum absolute atomic E-state index is 11.6. The zero-order valence-electron chi connectivity index (χ0n) is 19.5. The van der Waals surface area contributed by atoms with Crippen LogP contribution in [-0.2, 0) is 62.7 Å². The number of aromatic amines is 1. The summed E-state index contributed by atoms with van der Waals surface area (Å²) in [5, 5.41) is 39.8. The van der Waals surface area contributed by atoms with E-state index in [1.165, 1.54) is 10.8 Å². The number of hydrogen-bond acceptors (Lipinski definition) is 11. The molecule has 2 heterocycles. The van der Waals surface area contributed by atoms with Crippen LogP contribution in [0.15, 0.2) is 15.8 Å². The van der Waals surface area contributed by atoms with Gasteiger partial charge in [0.15, 0.2) is 0 Å². The van der Waals surface area contributed by atoms with Crippen molar-refractivity contribution >= 4 is 39.5 Å². The van der Waals surface area contributed by atoms with Crippen molar-refractivity contribution in [1.29, 1.82) is 0 Å². The van der Waals surface area contributed by atoms with E-state index in [4.69, 9.17) is 25.8 Å². The monoisotopic (exact) mass is 735 g/mol. The summed E-state index contributed by atoms with van der Waals surface area (Å²) < 4.78 is 7.19. The maximum atomic E-state index is 11.6. The topological polar surface area (TPSA) is 263 Å². The summed E-state index contributed by atoms with van der Waals surface area (Å²) in [7, 11) is 0. The van der Waals surface area contributed by atoms with Crippen LogP contribution in [0.1, 0.15) is 25.5 Å². The molecule has 37 heavy (non-hydrogen) atoms. The summed E-state index contributed by atoms with van der Waals surface area (Å²) in [6.07, 6.45) is -0.666. The van der Waals surface area contributed by atoms with Crippen molar-refractivity contribution in [2.24, 2.45) is 5.73 Å². The summed E-state index contributed by atoms with van der Waals surface area (Å²) in [5.74, 6) is -3.88. The van der Waals surface area contributed by atoms with Crippen LogP contribution in [0.4, 0.5) is 0 Å². The number of nitrogens with zero attached hydrogens (tertiary/aromatic N) is 1. The van der Waals surface area contributed by atoms with E-state index >= 15 is 0 Å². The molecule has 0 bridgehead atoms. The normalized spacial score (nSPS) is 20.2. The number of nitrogens with two attached hydrogens (primary N) is 1. The number of carboxylic acids is 2. The molecule has 0 unspecified atom stereocenters. The van der Waals surface area contributed by atoms with Gasteiger partial charge in [-0.2, -0.15) is 0 Å². The number of aliphatic hydroxyl groups is 2. The number of carboxylic acid groups (broad SMARTS) is 2. The van der Waals surface area contributed by atoms with Gasteiger partial charge in [-0.05, 0) is 6.42 Å². The Morgan fingerprint density at radius 2 is 1.95 bits per heavy atom. The second-order valence-corrected chi connectivity index (χ2v) is 11.1.